The van der Waals surface area contributed by atoms with Crippen LogP contribution in [-0.2, 0) is 4.79 Å². The molecular weight excluding hydrogens is 228 g/mol. The Balaban J connectivity index is 1.90. The van der Waals surface area contributed by atoms with Crippen molar-refractivity contribution in [1.82, 2.24) is 4.90 Å². The lowest BCUT2D eigenvalue weighted by atomic mass is 9.80. The summed E-state index contributed by atoms with van der Waals surface area (Å²) in [7, 11) is 0. The van der Waals surface area contributed by atoms with Crippen molar-refractivity contribution in [2.45, 2.75) is 63.5 Å². The highest BCUT2D eigenvalue weighted by molar-refractivity contribution is 5.86. The molecule has 1 amide bonds. The van der Waals surface area contributed by atoms with E-state index in [1.54, 1.807) is 0 Å². The van der Waals surface area contributed by atoms with Crippen LogP contribution >= 0.6 is 0 Å². The number of piperidine rings is 1. The zero-order valence-electron chi connectivity index (χ0n) is 11.4. The Hall–Kier alpha value is -0.610. The van der Waals surface area contributed by atoms with E-state index in [1.807, 2.05) is 11.8 Å². The molecule has 104 valence electrons. The fourth-order valence-electron chi connectivity index (χ4n) is 3.30. The first kappa shape index (κ1) is 13.8. The highest BCUT2D eigenvalue weighted by Crippen LogP contribution is 2.29. The molecule has 2 rings (SSSR count). The summed E-state index contributed by atoms with van der Waals surface area (Å²) in [6.07, 6.45) is 6.57. The van der Waals surface area contributed by atoms with Crippen molar-refractivity contribution >= 4 is 5.91 Å². The summed E-state index contributed by atoms with van der Waals surface area (Å²) in [6, 6.07) is 0. The van der Waals surface area contributed by atoms with Crippen LogP contribution in [0.5, 0.6) is 0 Å². The molecule has 1 atom stereocenters. The second-order valence-electron chi connectivity index (χ2n) is 6.09. The predicted octanol–water partition coefficient (Wildman–Crippen LogP) is 1.27. The summed E-state index contributed by atoms with van der Waals surface area (Å²) in [6.45, 7) is 3.36. The highest BCUT2D eigenvalue weighted by atomic mass is 16.3. The van der Waals surface area contributed by atoms with Gasteiger partial charge in [0.15, 0.2) is 0 Å². The zero-order chi connectivity index (χ0) is 13.2. The SMILES string of the molecule is CC(O)C1CCN(C(=O)C2(N)CCCCC2)CC1. The molecule has 0 spiro atoms. The van der Waals surface area contributed by atoms with Crippen LogP contribution in [0, 0.1) is 5.92 Å². The number of hydrogen-bond acceptors (Lipinski definition) is 3. The number of carbonyl (C=O) groups is 1. The minimum atomic E-state index is -0.601. The molecule has 0 aromatic rings. The van der Waals surface area contributed by atoms with Gasteiger partial charge in [-0.05, 0) is 38.5 Å². The quantitative estimate of drug-likeness (QED) is 0.780. The van der Waals surface area contributed by atoms with Crippen molar-refractivity contribution in [1.29, 1.82) is 0 Å². The molecule has 0 radical (unpaired) electrons. The molecular formula is C14H26N2O2. The minimum absolute atomic E-state index is 0.145. The van der Waals surface area contributed by atoms with Gasteiger partial charge in [-0.3, -0.25) is 4.79 Å². The van der Waals surface area contributed by atoms with Gasteiger partial charge in [-0.25, -0.2) is 0 Å². The first-order valence-corrected chi connectivity index (χ1v) is 7.29. The van der Waals surface area contributed by atoms with E-state index in [1.165, 1.54) is 6.42 Å². The lowest BCUT2D eigenvalue weighted by Gasteiger charge is -2.40. The van der Waals surface area contributed by atoms with Crippen LogP contribution in [0.3, 0.4) is 0 Å². The van der Waals surface area contributed by atoms with Crippen LogP contribution in [0.15, 0.2) is 0 Å². The number of rotatable bonds is 2. The lowest BCUT2D eigenvalue weighted by molar-refractivity contribution is -0.140. The maximum Gasteiger partial charge on any atom is 0.242 e. The van der Waals surface area contributed by atoms with Crippen LogP contribution in [0.4, 0.5) is 0 Å². The minimum Gasteiger partial charge on any atom is -0.393 e. The molecule has 3 N–H and O–H groups in total. The zero-order valence-corrected chi connectivity index (χ0v) is 11.4. The molecule has 0 aromatic heterocycles. The van der Waals surface area contributed by atoms with E-state index in [2.05, 4.69) is 0 Å². The van der Waals surface area contributed by atoms with E-state index in [-0.39, 0.29) is 12.0 Å². The molecule has 1 unspecified atom stereocenters. The van der Waals surface area contributed by atoms with Crippen molar-refractivity contribution in [3.05, 3.63) is 0 Å². The molecule has 0 bridgehead atoms. The van der Waals surface area contributed by atoms with Crippen molar-refractivity contribution in [2.24, 2.45) is 11.7 Å². The van der Waals surface area contributed by atoms with Gasteiger partial charge in [0.25, 0.3) is 0 Å². The number of carbonyl (C=O) groups excluding carboxylic acids is 1. The average molecular weight is 254 g/mol. The topological polar surface area (TPSA) is 66.6 Å². The Morgan fingerprint density at radius 2 is 1.83 bits per heavy atom. The van der Waals surface area contributed by atoms with Gasteiger partial charge in [0, 0.05) is 13.1 Å². The summed E-state index contributed by atoms with van der Waals surface area (Å²) in [5.74, 6) is 0.486. The molecule has 2 fully saturated rings. The summed E-state index contributed by atoms with van der Waals surface area (Å²) in [5.41, 5.74) is 5.69. The van der Waals surface area contributed by atoms with Crippen molar-refractivity contribution in [3.8, 4) is 0 Å². The van der Waals surface area contributed by atoms with Crippen LogP contribution in [0.2, 0.25) is 0 Å². The summed E-state index contributed by atoms with van der Waals surface area (Å²) in [4.78, 5) is 14.4. The van der Waals surface area contributed by atoms with Gasteiger partial charge < -0.3 is 15.7 Å². The monoisotopic (exact) mass is 254 g/mol. The Morgan fingerprint density at radius 3 is 2.33 bits per heavy atom. The second-order valence-corrected chi connectivity index (χ2v) is 6.09. The van der Waals surface area contributed by atoms with Gasteiger partial charge in [0.2, 0.25) is 5.91 Å². The third-order valence-corrected chi connectivity index (χ3v) is 4.68. The first-order valence-electron chi connectivity index (χ1n) is 7.29. The molecule has 2 aliphatic rings. The van der Waals surface area contributed by atoms with Crippen LogP contribution in [0.1, 0.15) is 51.9 Å². The molecule has 1 aliphatic heterocycles. The molecule has 18 heavy (non-hydrogen) atoms. The number of aliphatic hydroxyl groups is 1. The predicted molar refractivity (Wildman–Crippen MR) is 71.0 cm³/mol. The number of amides is 1. The third kappa shape index (κ3) is 2.86. The number of aliphatic hydroxyl groups excluding tert-OH is 1. The van der Waals surface area contributed by atoms with E-state index in [0.717, 1.165) is 51.6 Å². The number of nitrogens with two attached hydrogens (primary N) is 1. The van der Waals surface area contributed by atoms with Gasteiger partial charge in [-0.15, -0.1) is 0 Å². The van der Waals surface area contributed by atoms with Gasteiger partial charge in [-0.1, -0.05) is 19.3 Å². The third-order valence-electron chi connectivity index (χ3n) is 4.68. The van der Waals surface area contributed by atoms with E-state index >= 15 is 0 Å². The van der Waals surface area contributed by atoms with Crippen LogP contribution < -0.4 is 5.73 Å². The number of hydrogen-bond donors (Lipinski definition) is 2. The van der Waals surface area contributed by atoms with Gasteiger partial charge >= 0.3 is 0 Å². The van der Waals surface area contributed by atoms with Crippen molar-refractivity contribution < 1.29 is 9.90 Å². The maximum absolute atomic E-state index is 12.5. The second kappa shape index (κ2) is 5.57. The normalized spacial score (nSPS) is 26.9. The Labute approximate surface area is 110 Å². The van der Waals surface area contributed by atoms with Crippen molar-refractivity contribution in [3.63, 3.8) is 0 Å². The molecule has 4 nitrogen and oxygen atoms in total. The van der Waals surface area contributed by atoms with Crippen LogP contribution in [0.25, 0.3) is 0 Å². The Morgan fingerprint density at radius 1 is 1.28 bits per heavy atom. The largest absolute Gasteiger partial charge is 0.393 e. The van der Waals surface area contributed by atoms with Gasteiger partial charge in [-0.2, -0.15) is 0 Å². The molecule has 1 aliphatic carbocycles. The van der Waals surface area contributed by atoms with Gasteiger partial charge in [0.05, 0.1) is 11.6 Å². The summed E-state index contributed by atoms with van der Waals surface area (Å²) < 4.78 is 0. The average Bonchev–Trinajstić information content (AvgIpc) is 2.39. The van der Waals surface area contributed by atoms with Gasteiger partial charge in [0.1, 0.15) is 0 Å². The highest BCUT2D eigenvalue weighted by Gasteiger charge is 2.39. The van der Waals surface area contributed by atoms with E-state index in [4.69, 9.17) is 5.73 Å². The standard InChI is InChI=1S/C14H26N2O2/c1-11(17)12-5-9-16(10-6-12)13(18)14(15)7-3-2-4-8-14/h11-12,17H,2-10,15H2,1H3. The van der Waals surface area contributed by atoms with E-state index < -0.39 is 5.54 Å². The number of nitrogens with zero attached hydrogens (tertiary/aromatic N) is 1. The smallest absolute Gasteiger partial charge is 0.242 e. The molecule has 0 aromatic carbocycles. The van der Waals surface area contributed by atoms with Crippen LogP contribution in [-0.4, -0.2) is 40.6 Å². The Bertz CT molecular complexity index is 290. The molecule has 1 heterocycles. The molecule has 4 heteroatoms. The molecule has 1 saturated carbocycles. The molecule has 1 saturated heterocycles. The van der Waals surface area contributed by atoms with E-state index in [9.17, 15) is 9.90 Å². The summed E-state index contributed by atoms with van der Waals surface area (Å²) >= 11 is 0. The first-order chi connectivity index (χ1) is 8.53. The Kier molecular flexibility index (Phi) is 4.28. The fraction of sp³-hybridized carbons (Fsp3) is 0.929. The summed E-state index contributed by atoms with van der Waals surface area (Å²) in [5, 5.41) is 9.57. The maximum atomic E-state index is 12.5. The fourth-order valence-corrected chi connectivity index (χ4v) is 3.30. The lowest BCUT2D eigenvalue weighted by Crippen LogP contribution is -2.57. The number of likely N-dealkylation sites (tertiary alicyclic amines) is 1. The van der Waals surface area contributed by atoms with Crippen molar-refractivity contribution in [2.75, 3.05) is 13.1 Å². The van der Waals surface area contributed by atoms with E-state index in [0.29, 0.717) is 5.92 Å².